The van der Waals surface area contributed by atoms with Crippen LogP contribution in [0.2, 0.25) is 0 Å². The van der Waals surface area contributed by atoms with Crippen molar-refractivity contribution in [3.63, 3.8) is 0 Å². The topological polar surface area (TPSA) is 80.9 Å². The number of para-hydroxylation sites is 1. The first-order valence-corrected chi connectivity index (χ1v) is 7.00. The largest absolute Gasteiger partial charge is 0.398 e. The van der Waals surface area contributed by atoms with Gasteiger partial charge in [0, 0.05) is 28.2 Å². The molecule has 21 heavy (non-hydrogen) atoms. The first kappa shape index (κ1) is 13.5. The Bertz CT molecular complexity index is 830. The highest BCUT2D eigenvalue weighted by Crippen LogP contribution is 2.24. The fourth-order valence-corrected chi connectivity index (χ4v) is 2.36. The molecule has 0 saturated carbocycles. The van der Waals surface area contributed by atoms with Gasteiger partial charge in [0.2, 0.25) is 0 Å². The van der Waals surface area contributed by atoms with Crippen LogP contribution in [0.5, 0.6) is 0 Å². The number of hydrogen-bond acceptors (Lipinski definition) is 4. The Labute approximate surface area is 129 Å². The molecular formula is C15H11BrN4O. The van der Waals surface area contributed by atoms with E-state index in [2.05, 4.69) is 31.2 Å². The molecule has 0 saturated heterocycles. The summed E-state index contributed by atoms with van der Waals surface area (Å²) in [6.45, 7) is 0. The van der Waals surface area contributed by atoms with E-state index in [4.69, 9.17) is 5.73 Å². The minimum Gasteiger partial charge on any atom is -0.398 e. The molecule has 5 nitrogen and oxygen atoms in total. The second-order valence-corrected chi connectivity index (χ2v) is 5.27. The van der Waals surface area contributed by atoms with Gasteiger partial charge in [-0.1, -0.05) is 6.07 Å². The normalized spacial score (nSPS) is 10.5. The lowest BCUT2D eigenvalue weighted by Gasteiger charge is -2.08. The van der Waals surface area contributed by atoms with Crippen LogP contribution < -0.4 is 11.1 Å². The molecule has 1 aromatic heterocycles. The number of nitrogens with one attached hydrogen (secondary N) is 1. The molecule has 0 atom stereocenters. The van der Waals surface area contributed by atoms with Gasteiger partial charge in [-0.15, -0.1) is 0 Å². The second kappa shape index (κ2) is 5.49. The zero-order chi connectivity index (χ0) is 14.8. The van der Waals surface area contributed by atoms with Crippen LogP contribution in [-0.4, -0.2) is 15.9 Å². The predicted molar refractivity (Wildman–Crippen MR) is 86.0 cm³/mol. The van der Waals surface area contributed by atoms with Crippen LogP contribution in [-0.2, 0) is 0 Å². The summed E-state index contributed by atoms with van der Waals surface area (Å²) < 4.78 is 0.734. The minimum absolute atomic E-state index is 0.238. The highest BCUT2D eigenvalue weighted by molar-refractivity contribution is 9.10. The predicted octanol–water partition coefficient (Wildman–Crippen LogP) is 3.23. The van der Waals surface area contributed by atoms with E-state index < -0.39 is 0 Å². The Morgan fingerprint density at radius 3 is 2.76 bits per heavy atom. The molecule has 6 heteroatoms. The number of aromatic nitrogens is 2. The molecule has 0 aliphatic rings. The molecule has 0 unspecified atom stereocenters. The van der Waals surface area contributed by atoms with Crippen molar-refractivity contribution in [2.45, 2.75) is 0 Å². The number of amides is 1. The van der Waals surface area contributed by atoms with Gasteiger partial charge in [0.05, 0.1) is 11.1 Å². The number of rotatable bonds is 2. The Hall–Kier alpha value is -2.47. The van der Waals surface area contributed by atoms with Gasteiger partial charge in [0.15, 0.2) is 0 Å². The summed E-state index contributed by atoms with van der Waals surface area (Å²) in [4.78, 5) is 20.8. The van der Waals surface area contributed by atoms with Crippen LogP contribution in [0.1, 0.15) is 10.4 Å². The van der Waals surface area contributed by atoms with Gasteiger partial charge in [0.25, 0.3) is 5.91 Å². The van der Waals surface area contributed by atoms with Crippen LogP contribution in [0.3, 0.4) is 0 Å². The fraction of sp³-hybridized carbons (Fsp3) is 0. The molecule has 1 heterocycles. The first-order valence-electron chi connectivity index (χ1n) is 6.21. The van der Waals surface area contributed by atoms with Crippen molar-refractivity contribution in [2.75, 3.05) is 11.1 Å². The highest BCUT2D eigenvalue weighted by Gasteiger charge is 2.12. The van der Waals surface area contributed by atoms with Gasteiger partial charge in [-0.3, -0.25) is 14.8 Å². The summed E-state index contributed by atoms with van der Waals surface area (Å²) in [7, 11) is 0. The van der Waals surface area contributed by atoms with Crippen LogP contribution in [0.15, 0.2) is 53.3 Å². The summed E-state index contributed by atoms with van der Waals surface area (Å²) >= 11 is 3.33. The number of benzene rings is 2. The van der Waals surface area contributed by atoms with Crippen molar-refractivity contribution in [3.8, 4) is 0 Å². The standard InChI is InChI=1S/C15H11BrN4O/c16-11-8-9(4-5-12(11)17)20-15(21)10-2-1-3-13-14(10)19-7-6-18-13/h1-8H,17H2,(H,20,21). The number of halogens is 1. The molecule has 104 valence electrons. The third-order valence-corrected chi connectivity index (χ3v) is 3.69. The Morgan fingerprint density at radius 1 is 1.14 bits per heavy atom. The molecule has 0 spiro atoms. The van der Waals surface area contributed by atoms with Crippen molar-refractivity contribution in [1.29, 1.82) is 0 Å². The molecule has 0 bridgehead atoms. The van der Waals surface area contributed by atoms with E-state index in [0.29, 0.717) is 28.0 Å². The monoisotopic (exact) mass is 342 g/mol. The van der Waals surface area contributed by atoms with Gasteiger partial charge in [-0.2, -0.15) is 0 Å². The van der Waals surface area contributed by atoms with Crippen LogP contribution >= 0.6 is 15.9 Å². The first-order chi connectivity index (χ1) is 10.1. The Kier molecular flexibility index (Phi) is 3.53. The van der Waals surface area contributed by atoms with E-state index in [0.717, 1.165) is 4.47 Å². The van der Waals surface area contributed by atoms with Gasteiger partial charge in [-0.05, 0) is 46.3 Å². The van der Waals surface area contributed by atoms with Gasteiger partial charge < -0.3 is 11.1 Å². The summed E-state index contributed by atoms with van der Waals surface area (Å²) in [5.41, 5.74) is 8.74. The Balaban J connectivity index is 1.95. The zero-order valence-electron chi connectivity index (χ0n) is 10.9. The van der Waals surface area contributed by atoms with E-state index >= 15 is 0 Å². The molecule has 0 fully saturated rings. The summed E-state index contributed by atoms with van der Waals surface area (Å²) in [6.07, 6.45) is 3.17. The maximum Gasteiger partial charge on any atom is 0.257 e. The SMILES string of the molecule is Nc1ccc(NC(=O)c2cccc3nccnc23)cc1Br. The quantitative estimate of drug-likeness (QED) is 0.700. The molecule has 0 aliphatic carbocycles. The number of anilines is 2. The lowest BCUT2D eigenvalue weighted by Crippen LogP contribution is -2.13. The van der Waals surface area contributed by atoms with Gasteiger partial charge >= 0.3 is 0 Å². The Morgan fingerprint density at radius 2 is 1.95 bits per heavy atom. The summed E-state index contributed by atoms with van der Waals surface area (Å²) in [6, 6.07) is 10.5. The number of nitrogen functional groups attached to an aromatic ring is 1. The minimum atomic E-state index is -0.238. The third kappa shape index (κ3) is 2.71. The second-order valence-electron chi connectivity index (χ2n) is 4.42. The highest BCUT2D eigenvalue weighted by atomic mass is 79.9. The van der Waals surface area contributed by atoms with Crippen molar-refractivity contribution in [2.24, 2.45) is 0 Å². The van der Waals surface area contributed by atoms with Crippen LogP contribution in [0.25, 0.3) is 11.0 Å². The van der Waals surface area contributed by atoms with E-state index in [1.165, 1.54) is 0 Å². The van der Waals surface area contributed by atoms with Gasteiger partial charge in [0.1, 0.15) is 5.52 Å². The van der Waals surface area contributed by atoms with Crippen LogP contribution in [0, 0.1) is 0 Å². The van der Waals surface area contributed by atoms with E-state index in [1.54, 1.807) is 42.7 Å². The average Bonchev–Trinajstić information content (AvgIpc) is 2.50. The lowest BCUT2D eigenvalue weighted by atomic mass is 10.1. The molecule has 2 aromatic carbocycles. The van der Waals surface area contributed by atoms with Crippen molar-refractivity contribution in [3.05, 3.63) is 58.8 Å². The number of carbonyl (C=O) groups is 1. The third-order valence-electron chi connectivity index (χ3n) is 3.00. The molecular weight excluding hydrogens is 332 g/mol. The summed E-state index contributed by atoms with van der Waals surface area (Å²) in [5.74, 6) is -0.238. The van der Waals surface area contributed by atoms with Crippen LogP contribution in [0.4, 0.5) is 11.4 Å². The maximum atomic E-state index is 12.4. The van der Waals surface area contributed by atoms with Crippen molar-refractivity contribution in [1.82, 2.24) is 9.97 Å². The molecule has 3 N–H and O–H groups in total. The van der Waals surface area contributed by atoms with E-state index in [-0.39, 0.29) is 5.91 Å². The van der Waals surface area contributed by atoms with E-state index in [1.807, 2.05) is 6.07 Å². The maximum absolute atomic E-state index is 12.4. The average molecular weight is 343 g/mol. The van der Waals surface area contributed by atoms with E-state index in [9.17, 15) is 4.79 Å². The number of carbonyl (C=O) groups excluding carboxylic acids is 1. The lowest BCUT2D eigenvalue weighted by molar-refractivity contribution is 0.102. The van der Waals surface area contributed by atoms with Crippen molar-refractivity contribution < 1.29 is 4.79 Å². The molecule has 0 aliphatic heterocycles. The number of hydrogen-bond donors (Lipinski definition) is 2. The van der Waals surface area contributed by atoms with Gasteiger partial charge in [-0.25, -0.2) is 0 Å². The van der Waals surface area contributed by atoms with Crippen molar-refractivity contribution >= 4 is 44.2 Å². The smallest absolute Gasteiger partial charge is 0.257 e. The molecule has 0 radical (unpaired) electrons. The number of nitrogens with zero attached hydrogens (tertiary/aromatic N) is 2. The molecule has 3 aromatic rings. The fourth-order valence-electron chi connectivity index (χ4n) is 1.98. The number of fused-ring (bicyclic) bond motifs is 1. The molecule has 1 amide bonds. The number of nitrogens with two attached hydrogens (primary N) is 1. The molecule has 3 rings (SSSR count). The zero-order valence-corrected chi connectivity index (χ0v) is 12.5. The summed E-state index contributed by atoms with van der Waals surface area (Å²) in [5, 5.41) is 2.83.